The van der Waals surface area contributed by atoms with E-state index in [1.807, 2.05) is 0 Å². The van der Waals surface area contributed by atoms with Crippen molar-refractivity contribution in [1.82, 2.24) is 0 Å². The Balaban J connectivity index is 2.38. The lowest BCUT2D eigenvalue weighted by Crippen LogP contribution is -2.29. The molecule has 0 bridgehead atoms. The van der Waals surface area contributed by atoms with E-state index in [-0.39, 0.29) is 5.91 Å². The SMILES string of the molecule is O=C1C(O)SCN1c1cccc(Cl)c1Cl. The molecular formula is C9H7Cl2NO2S. The van der Waals surface area contributed by atoms with Crippen LogP contribution in [-0.4, -0.2) is 22.3 Å². The van der Waals surface area contributed by atoms with Crippen molar-refractivity contribution < 1.29 is 9.90 Å². The maximum atomic E-state index is 11.5. The summed E-state index contributed by atoms with van der Waals surface area (Å²) in [7, 11) is 0. The van der Waals surface area contributed by atoms with E-state index in [0.717, 1.165) is 11.8 Å². The number of thioether (sulfide) groups is 1. The number of hydrogen-bond donors (Lipinski definition) is 1. The molecule has 80 valence electrons. The van der Waals surface area contributed by atoms with Crippen LogP contribution in [0.5, 0.6) is 0 Å². The molecule has 1 aliphatic rings. The zero-order valence-electron chi connectivity index (χ0n) is 7.48. The van der Waals surface area contributed by atoms with E-state index < -0.39 is 5.44 Å². The lowest BCUT2D eigenvalue weighted by Gasteiger charge is -2.16. The van der Waals surface area contributed by atoms with Gasteiger partial charge in [-0.2, -0.15) is 0 Å². The Labute approximate surface area is 101 Å². The number of hydrogen-bond acceptors (Lipinski definition) is 3. The average Bonchev–Trinajstić information content (AvgIpc) is 2.53. The molecule has 1 aliphatic heterocycles. The fraction of sp³-hybridized carbons (Fsp3) is 0.222. The van der Waals surface area contributed by atoms with Gasteiger partial charge in [0.05, 0.1) is 21.6 Å². The van der Waals surface area contributed by atoms with Gasteiger partial charge in [0.25, 0.3) is 5.91 Å². The molecule has 1 unspecified atom stereocenters. The van der Waals surface area contributed by atoms with E-state index in [9.17, 15) is 9.90 Å². The molecule has 0 aromatic heterocycles. The summed E-state index contributed by atoms with van der Waals surface area (Å²) in [5.74, 6) is 0.0317. The van der Waals surface area contributed by atoms with Gasteiger partial charge in [-0.15, -0.1) is 0 Å². The van der Waals surface area contributed by atoms with Gasteiger partial charge < -0.3 is 5.11 Å². The van der Waals surface area contributed by atoms with Crippen LogP contribution in [0.3, 0.4) is 0 Å². The van der Waals surface area contributed by atoms with Crippen LogP contribution < -0.4 is 4.90 Å². The number of carbonyl (C=O) groups is 1. The summed E-state index contributed by atoms with van der Waals surface area (Å²) in [6.07, 6.45) is 0. The molecule has 15 heavy (non-hydrogen) atoms. The largest absolute Gasteiger partial charge is 0.373 e. The fourth-order valence-electron chi connectivity index (χ4n) is 1.30. The second-order valence-corrected chi connectivity index (χ2v) is 4.81. The Bertz CT molecular complexity index is 413. The first-order chi connectivity index (χ1) is 7.11. The molecule has 0 aliphatic carbocycles. The number of nitrogens with zero attached hydrogens (tertiary/aromatic N) is 1. The number of aliphatic hydroxyl groups excluding tert-OH is 1. The Hall–Kier alpha value is -0.420. The number of rotatable bonds is 1. The quantitative estimate of drug-likeness (QED) is 0.846. The molecule has 1 aromatic carbocycles. The molecule has 3 nitrogen and oxygen atoms in total. The predicted molar refractivity (Wildman–Crippen MR) is 62.4 cm³/mol. The highest BCUT2D eigenvalue weighted by Crippen LogP contribution is 2.36. The van der Waals surface area contributed by atoms with E-state index in [1.54, 1.807) is 18.2 Å². The second-order valence-electron chi connectivity index (χ2n) is 2.99. The lowest BCUT2D eigenvalue weighted by atomic mass is 10.3. The van der Waals surface area contributed by atoms with Crippen molar-refractivity contribution >= 4 is 46.6 Å². The van der Waals surface area contributed by atoms with Gasteiger partial charge in [0.1, 0.15) is 0 Å². The molecule has 1 fully saturated rings. The smallest absolute Gasteiger partial charge is 0.267 e. The highest BCUT2D eigenvalue weighted by atomic mass is 35.5. The molecule has 0 spiro atoms. The second kappa shape index (κ2) is 4.22. The van der Waals surface area contributed by atoms with E-state index in [1.165, 1.54) is 4.90 Å². The van der Waals surface area contributed by atoms with Gasteiger partial charge in [0.2, 0.25) is 0 Å². The van der Waals surface area contributed by atoms with Crippen LogP contribution >= 0.6 is 35.0 Å². The van der Waals surface area contributed by atoms with Crippen LogP contribution in [0.1, 0.15) is 0 Å². The maximum absolute atomic E-state index is 11.5. The fourth-order valence-corrected chi connectivity index (χ4v) is 2.53. The number of halogens is 2. The molecule has 2 rings (SSSR count). The summed E-state index contributed by atoms with van der Waals surface area (Å²) in [5, 5.41) is 10.0. The first-order valence-electron chi connectivity index (χ1n) is 4.16. The minimum atomic E-state index is -1.000. The molecule has 1 amide bonds. The molecule has 1 aromatic rings. The van der Waals surface area contributed by atoms with Gasteiger partial charge in [-0.05, 0) is 12.1 Å². The monoisotopic (exact) mass is 263 g/mol. The summed E-state index contributed by atoms with van der Waals surface area (Å²) >= 11 is 13.0. The molecule has 1 atom stereocenters. The summed E-state index contributed by atoms with van der Waals surface area (Å²) in [5.41, 5.74) is -0.460. The van der Waals surface area contributed by atoms with Crippen LogP contribution in [0, 0.1) is 0 Å². The number of carbonyl (C=O) groups excluding carboxylic acids is 1. The number of amides is 1. The van der Waals surface area contributed by atoms with Gasteiger partial charge in [-0.3, -0.25) is 9.69 Å². The molecule has 0 radical (unpaired) electrons. The van der Waals surface area contributed by atoms with Crippen molar-refractivity contribution in [2.45, 2.75) is 5.44 Å². The normalized spacial score (nSPS) is 21.1. The number of anilines is 1. The van der Waals surface area contributed by atoms with Gasteiger partial charge >= 0.3 is 0 Å². The standard InChI is InChI=1S/C9H7Cl2NO2S/c10-5-2-1-3-6(7(5)11)12-4-15-9(14)8(12)13/h1-3,9,14H,4H2. The van der Waals surface area contributed by atoms with E-state index in [0.29, 0.717) is 21.6 Å². The lowest BCUT2D eigenvalue weighted by molar-refractivity contribution is -0.121. The Morgan fingerprint density at radius 3 is 2.80 bits per heavy atom. The third-order valence-electron chi connectivity index (χ3n) is 2.06. The number of aliphatic hydroxyl groups is 1. The van der Waals surface area contributed by atoms with E-state index >= 15 is 0 Å². The summed E-state index contributed by atoms with van der Waals surface area (Å²) < 4.78 is 0. The van der Waals surface area contributed by atoms with Crippen molar-refractivity contribution in [1.29, 1.82) is 0 Å². The third-order valence-corrected chi connectivity index (χ3v) is 3.79. The van der Waals surface area contributed by atoms with Crippen molar-refractivity contribution in [3.63, 3.8) is 0 Å². The Morgan fingerprint density at radius 1 is 1.47 bits per heavy atom. The van der Waals surface area contributed by atoms with Crippen LogP contribution in [0.4, 0.5) is 5.69 Å². The molecule has 1 saturated heterocycles. The molecule has 1 N–H and O–H groups in total. The van der Waals surface area contributed by atoms with Crippen molar-refractivity contribution in [3.05, 3.63) is 28.2 Å². The molecular weight excluding hydrogens is 257 g/mol. The Morgan fingerprint density at radius 2 is 2.20 bits per heavy atom. The van der Waals surface area contributed by atoms with Crippen molar-refractivity contribution in [3.8, 4) is 0 Å². The predicted octanol–water partition coefficient (Wildman–Crippen LogP) is 2.35. The minimum Gasteiger partial charge on any atom is -0.373 e. The van der Waals surface area contributed by atoms with Crippen LogP contribution in [0.25, 0.3) is 0 Å². The van der Waals surface area contributed by atoms with Crippen LogP contribution in [0.2, 0.25) is 10.0 Å². The van der Waals surface area contributed by atoms with Gasteiger partial charge in [-0.25, -0.2) is 0 Å². The van der Waals surface area contributed by atoms with Gasteiger partial charge in [0.15, 0.2) is 5.44 Å². The van der Waals surface area contributed by atoms with E-state index in [4.69, 9.17) is 23.2 Å². The zero-order chi connectivity index (χ0) is 11.0. The molecule has 6 heteroatoms. The van der Waals surface area contributed by atoms with Crippen molar-refractivity contribution in [2.75, 3.05) is 10.8 Å². The van der Waals surface area contributed by atoms with Crippen LogP contribution in [0.15, 0.2) is 18.2 Å². The first kappa shape index (κ1) is 11.1. The third kappa shape index (κ3) is 1.95. The van der Waals surface area contributed by atoms with E-state index in [2.05, 4.69) is 0 Å². The van der Waals surface area contributed by atoms with Gasteiger partial charge in [-0.1, -0.05) is 41.0 Å². The minimum absolute atomic E-state index is 0.335. The Kier molecular flexibility index (Phi) is 3.11. The molecule has 1 heterocycles. The summed E-state index contributed by atoms with van der Waals surface area (Å²) in [4.78, 5) is 12.9. The highest BCUT2D eigenvalue weighted by Gasteiger charge is 2.32. The number of benzene rings is 1. The summed E-state index contributed by atoms with van der Waals surface area (Å²) in [6.45, 7) is 0. The van der Waals surface area contributed by atoms with Crippen LogP contribution in [-0.2, 0) is 4.79 Å². The zero-order valence-corrected chi connectivity index (χ0v) is 9.81. The van der Waals surface area contributed by atoms with Gasteiger partial charge in [0, 0.05) is 0 Å². The first-order valence-corrected chi connectivity index (χ1v) is 5.97. The molecule has 0 saturated carbocycles. The summed E-state index contributed by atoms with van der Waals surface area (Å²) in [6, 6.07) is 5.06. The topological polar surface area (TPSA) is 40.5 Å². The van der Waals surface area contributed by atoms with Crippen molar-refractivity contribution in [2.24, 2.45) is 0 Å². The highest BCUT2D eigenvalue weighted by molar-refractivity contribution is 8.01. The maximum Gasteiger partial charge on any atom is 0.267 e. The average molecular weight is 264 g/mol.